The summed E-state index contributed by atoms with van der Waals surface area (Å²) in [5.74, 6) is -0.645. The molecule has 0 bridgehead atoms. The Hall–Kier alpha value is -4.70. The summed E-state index contributed by atoms with van der Waals surface area (Å²) < 4.78 is 50.1. The van der Waals surface area contributed by atoms with E-state index in [1.807, 2.05) is 68.4 Å². The Morgan fingerprint density at radius 1 is 0.661 bits per heavy atom. The van der Waals surface area contributed by atoms with Gasteiger partial charge in [-0.15, -0.1) is 0 Å². The van der Waals surface area contributed by atoms with Crippen molar-refractivity contribution in [2.45, 2.75) is 50.0 Å². The number of carbonyl (C=O) groups excluding carboxylic acids is 2. The van der Waals surface area contributed by atoms with Crippen LogP contribution in [0.4, 0.5) is 0 Å². The molecule has 1 N–H and O–H groups in total. The van der Waals surface area contributed by atoms with Gasteiger partial charge in [0.05, 0.1) is 34.5 Å². The van der Waals surface area contributed by atoms with Crippen LogP contribution in [0.25, 0.3) is 0 Å². The molecule has 1 atom stereocenters. The molecule has 0 aliphatic carbocycles. The summed E-state index contributed by atoms with van der Waals surface area (Å²) in [7, 11) is -7.12. The van der Waals surface area contributed by atoms with E-state index in [-0.39, 0.29) is 55.4 Å². The normalized spacial score (nSPS) is 14.2. The van der Waals surface area contributed by atoms with Crippen molar-refractivity contribution in [2.24, 2.45) is 0 Å². The number of fused-ring (bicyclic) bond motifs is 1. The highest BCUT2D eigenvalue weighted by Crippen LogP contribution is 2.49. The molecule has 56 heavy (non-hydrogen) atoms. The Morgan fingerprint density at radius 2 is 1.12 bits per heavy atom. The van der Waals surface area contributed by atoms with E-state index in [0.717, 1.165) is 22.3 Å². The fraction of sp³-hybridized carbons (Fsp3) is 0.289. The molecule has 5 aromatic carbocycles. The van der Waals surface area contributed by atoms with Crippen molar-refractivity contribution in [3.8, 4) is 0 Å². The number of sulfonamides is 1. The number of nitrogens with zero attached hydrogens (tertiary/aromatic N) is 2. The van der Waals surface area contributed by atoms with Crippen LogP contribution in [0.15, 0.2) is 144 Å². The molecule has 11 heteroatoms. The molecule has 0 radical (unpaired) electrons. The predicted octanol–water partition coefficient (Wildman–Crippen LogP) is 8.70. The van der Waals surface area contributed by atoms with E-state index in [1.165, 1.54) is 9.21 Å². The molecule has 0 fully saturated rings. The first-order chi connectivity index (χ1) is 27.1. The Bertz CT molecular complexity index is 2100. The molecule has 292 valence electrons. The van der Waals surface area contributed by atoms with Crippen LogP contribution in [0.1, 0.15) is 75.6 Å². The zero-order chi connectivity index (χ0) is 39.6. The third-order valence-corrected chi connectivity index (χ3v) is 14.6. The number of unbranched alkanes of at least 4 members (excludes halogenated alkanes) is 2. The van der Waals surface area contributed by atoms with Crippen molar-refractivity contribution in [3.05, 3.63) is 173 Å². The topological polar surface area (TPSA) is 113 Å². The number of imide groups is 1. The first-order valence-corrected chi connectivity index (χ1v) is 22.7. The summed E-state index contributed by atoms with van der Waals surface area (Å²) >= 11 is 0. The Kier molecular flexibility index (Phi) is 13.5. The van der Waals surface area contributed by atoms with Crippen molar-refractivity contribution < 1.29 is 27.1 Å². The van der Waals surface area contributed by atoms with Crippen molar-refractivity contribution in [3.63, 3.8) is 0 Å². The maximum absolute atomic E-state index is 14.6. The minimum atomic E-state index is -3.86. The standard InChI is InChI=1S/C45H50N3O6PS/c1-3-54-55(51,35-46-45(37-19-7-4-8-20-37,38-21-9-5-10-22-38)39-23-11-6-12-24-39)34-18-17-32-47(56(52,53)40-29-27-36(2)28-30-40)31-15-16-33-48-43(49)41-25-13-14-26-42(41)44(48)50/h4-14,19-30,46H,3,15-18,31-35H2,1-2H3. The van der Waals surface area contributed by atoms with Gasteiger partial charge in [0, 0.05) is 25.8 Å². The lowest BCUT2D eigenvalue weighted by Crippen LogP contribution is -2.45. The molecule has 1 heterocycles. The summed E-state index contributed by atoms with van der Waals surface area (Å²) in [4.78, 5) is 27.2. The van der Waals surface area contributed by atoms with Gasteiger partial charge in [0.15, 0.2) is 0 Å². The fourth-order valence-corrected chi connectivity index (χ4v) is 10.9. The van der Waals surface area contributed by atoms with E-state index in [4.69, 9.17) is 4.52 Å². The summed E-state index contributed by atoms with van der Waals surface area (Å²) in [5.41, 5.74) is 3.93. The van der Waals surface area contributed by atoms with Crippen LogP contribution in [-0.4, -0.2) is 68.1 Å². The number of amides is 2. The van der Waals surface area contributed by atoms with Gasteiger partial charge in [0.2, 0.25) is 17.4 Å². The fourth-order valence-electron chi connectivity index (χ4n) is 7.39. The van der Waals surface area contributed by atoms with Crippen molar-refractivity contribution >= 4 is 29.2 Å². The second kappa shape index (κ2) is 18.5. The van der Waals surface area contributed by atoms with Crippen LogP contribution in [0.2, 0.25) is 0 Å². The second-order valence-corrected chi connectivity index (χ2v) is 18.7. The van der Waals surface area contributed by atoms with Gasteiger partial charge >= 0.3 is 0 Å². The van der Waals surface area contributed by atoms with Gasteiger partial charge in [-0.3, -0.25) is 24.4 Å². The smallest absolute Gasteiger partial charge is 0.261 e. The van der Waals surface area contributed by atoms with Gasteiger partial charge in [0.1, 0.15) is 0 Å². The number of hydrogen-bond acceptors (Lipinski definition) is 7. The number of carbonyl (C=O) groups is 2. The molecule has 1 aliphatic heterocycles. The first kappa shape index (κ1) is 40.9. The molecule has 6 rings (SSSR count). The van der Waals surface area contributed by atoms with E-state index >= 15 is 0 Å². The van der Waals surface area contributed by atoms with Crippen LogP contribution >= 0.6 is 7.37 Å². The van der Waals surface area contributed by atoms with E-state index in [1.54, 1.807) is 48.5 Å². The lowest BCUT2D eigenvalue weighted by atomic mass is 9.77. The number of rotatable bonds is 20. The van der Waals surface area contributed by atoms with Crippen molar-refractivity contribution in [1.29, 1.82) is 0 Å². The van der Waals surface area contributed by atoms with Crippen molar-refractivity contribution in [2.75, 3.05) is 38.7 Å². The zero-order valence-electron chi connectivity index (χ0n) is 32.0. The van der Waals surface area contributed by atoms with Gasteiger partial charge in [-0.2, -0.15) is 4.31 Å². The van der Waals surface area contributed by atoms with E-state index in [9.17, 15) is 22.6 Å². The molecular formula is C45H50N3O6PS. The Labute approximate surface area is 331 Å². The molecule has 5 aromatic rings. The van der Waals surface area contributed by atoms with Gasteiger partial charge in [-0.05, 0) is 80.5 Å². The highest BCUT2D eigenvalue weighted by molar-refractivity contribution is 7.89. The monoisotopic (exact) mass is 791 g/mol. The highest BCUT2D eigenvalue weighted by atomic mass is 32.2. The van der Waals surface area contributed by atoms with Gasteiger partial charge in [-0.1, -0.05) is 121 Å². The molecule has 1 aliphatic rings. The lowest BCUT2D eigenvalue weighted by Gasteiger charge is -2.38. The predicted molar refractivity (Wildman–Crippen MR) is 222 cm³/mol. The maximum atomic E-state index is 14.6. The number of benzene rings is 5. The Balaban J connectivity index is 1.15. The molecule has 1 unspecified atom stereocenters. The molecule has 2 amide bonds. The van der Waals surface area contributed by atoms with Gasteiger partial charge in [-0.25, -0.2) is 8.42 Å². The first-order valence-electron chi connectivity index (χ1n) is 19.3. The number of nitrogens with one attached hydrogen (secondary N) is 1. The maximum Gasteiger partial charge on any atom is 0.261 e. The SMILES string of the molecule is CCOP(=O)(CCCCN(CCCCN1C(=O)c2ccccc2C1=O)S(=O)(=O)c1ccc(C)cc1)CNC(c1ccccc1)(c1ccccc1)c1ccccc1. The highest BCUT2D eigenvalue weighted by Gasteiger charge is 2.39. The van der Waals surface area contributed by atoms with Gasteiger partial charge in [0.25, 0.3) is 11.8 Å². The molecular weight excluding hydrogens is 742 g/mol. The summed E-state index contributed by atoms with van der Waals surface area (Å²) in [6.07, 6.45) is 2.19. The average Bonchev–Trinajstić information content (AvgIpc) is 3.46. The largest absolute Gasteiger partial charge is 0.328 e. The van der Waals surface area contributed by atoms with Crippen LogP contribution in [-0.2, 0) is 24.7 Å². The van der Waals surface area contributed by atoms with Crippen LogP contribution < -0.4 is 5.32 Å². The molecule has 0 spiro atoms. The molecule has 0 aromatic heterocycles. The number of aryl methyl sites for hydroxylation is 1. The second-order valence-electron chi connectivity index (χ2n) is 14.1. The molecule has 0 saturated carbocycles. The third kappa shape index (κ3) is 9.12. The lowest BCUT2D eigenvalue weighted by molar-refractivity contribution is 0.0651. The van der Waals surface area contributed by atoms with E-state index < -0.39 is 22.9 Å². The minimum Gasteiger partial charge on any atom is -0.328 e. The van der Waals surface area contributed by atoms with Crippen molar-refractivity contribution in [1.82, 2.24) is 14.5 Å². The van der Waals surface area contributed by atoms with E-state index in [2.05, 4.69) is 41.7 Å². The van der Waals surface area contributed by atoms with E-state index in [0.29, 0.717) is 36.8 Å². The average molecular weight is 792 g/mol. The summed E-state index contributed by atoms with van der Waals surface area (Å²) in [6, 6.07) is 43.9. The quantitative estimate of drug-likeness (QED) is 0.0363. The van der Waals surface area contributed by atoms with Gasteiger partial charge < -0.3 is 4.52 Å². The zero-order valence-corrected chi connectivity index (χ0v) is 33.8. The summed E-state index contributed by atoms with van der Waals surface area (Å²) in [6.45, 7) is 4.63. The minimum absolute atomic E-state index is 0.0999. The van der Waals surface area contributed by atoms with Crippen LogP contribution in [0.5, 0.6) is 0 Å². The summed E-state index contributed by atoms with van der Waals surface area (Å²) in [5, 5.41) is 3.73. The number of hydrogen-bond donors (Lipinski definition) is 1. The molecule has 0 saturated heterocycles. The molecule has 9 nitrogen and oxygen atoms in total. The third-order valence-electron chi connectivity index (χ3n) is 10.3. The van der Waals surface area contributed by atoms with Crippen LogP contribution in [0, 0.1) is 6.92 Å². The Morgan fingerprint density at radius 3 is 1.61 bits per heavy atom. The van der Waals surface area contributed by atoms with Crippen LogP contribution in [0.3, 0.4) is 0 Å².